The first-order valence-electron chi connectivity index (χ1n) is 35.9. The number of rotatable bonds is 41. The summed E-state index contributed by atoms with van der Waals surface area (Å²) in [6.45, 7) is 14.0. The zero-order valence-electron chi connectivity index (χ0n) is 61.1. The number of carbonyl (C=O) groups excluding carboxylic acids is 1. The second-order valence-electron chi connectivity index (χ2n) is 24.2. The van der Waals surface area contributed by atoms with Crippen molar-refractivity contribution in [2.24, 2.45) is 30.0 Å². The monoisotopic (exact) mass is 1420 g/mol. The summed E-state index contributed by atoms with van der Waals surface area (Å²) in [5, 5.41) is 0. The van der Waals surface area contributed by atoms with Crippen LogP contribution in [0.3, 0.4) is 0 Å². The number of benzene rings is 8. The first-order valence-corrected chi connectivity index (χ1v) is 35.9. The molecule has 0 saturated heterocycles. The molecule has 18 nitrogen and oxygen atoms in total. The average molecular weight is 1420 g/mol. The fraction of sp³-hybridized carbons (Fsp3) is 0.261. The van der Waals surface area contributed by atoms with Crippen LogP contribution in [-0.2, 0) is 28.4 Å². The van der Waals surface area contributed by atoms with Crippen LogP contribution in [0.4, 0.5) is 23.3 Å². The molecule has 0 saturated carbocycles. The van der Waals surface area contributed by atoms with Crippen LogP contribution in [0.25, 0.3) is 44.5 Å². The molecular weight excluding hydrogens is 1330 g/mol. The van der Waals surface area contributed by atoms with E-state index in [9.17, 15) is 4.79 Å². The zero-order chi connectivity index (χ0) is 74.1. The molecule has 0 bridgehead atoms. The largest absolute Gasteiger partial charge is 0.497 e. The number of pyridine rings is 2. The minimum Gasteiger partial charge on any atom is -0.497 e. The predicted molar refractivity (Wildman–Crippen MR) is 436 cm³/mol. The molecule has 548 valence electrons. The number of aldehydes is 1. The molecule has 0 atom stereocenters. The number of nitrogen functional groups attached to an aromatic ring is 2. The summed E-state index contributed by atoms with van der Waals surface area (Å²) >= 11 is 0. The Morgan fingerprint density at radius 3 is 0.887 bits per heavy atom. The quantitative estimate of drug-likeness (QED) is 0.0207. The smallest absolute Gasteiger partial charge is 0.154 e. The number of ether oxygens (including phenoxy) is 7. The number of aliphatic imine (C=N–C) groups is 6. The van der Waals surface area contributed by atoms with Crippen LogP contribution in [0.5, 0.6) is 5.75 Å². The summed E-state index contributed by atoms with van der Waals surface area (Å²) in [5.74, 6) is 3.06. The van der Waals surface area contributed by atoms with Crippen molar-refractivity contribution in [2.75, 3.05) is 124 Å². The van der Waals surface area contributed by atoms with E-state index in [2.05, 4.69) is 192 Å². The van der Waals surface area contributed by atoms with Gasteiger partial charge < -0.3 is 44.6 Å². The number of hydrogen-bond acceptors (Lipinski definition) is 18. The molecule has 8 aromatic carbocycles. The molecule has 106 heavy (non-hydrogen) atoms. The Morgan fingerprint density at radius 2 is 0.594 bits per heavy atom. The van der Waals surface area contributed by atoms with Crippen molar-refractivity contribution in [1.29, 1.82) is 0 Å². The zero-order valence-corrected chi connectivity index (χ0v) is 61.1. The molecule has 0 spiro atoms. The second-order valence-corrected chi connectivity index (χ2v) is 24.2. The van der Waals surface area contributed by atoms with Gasteiger partial charge in [-0.15, -0.1) is 0 Å². The Labute approximate surface area is 624 Å². The Morgan fingerprint density at radius 1 is 0.321 bits per heavy atom. The van der Waals surface area contributed by atoms with Gasteiger partial charge in [0.05, 0.1) is 60.0 Å². The second kappa shape index (κ2) is 48.8. The molecule has 10 rings (SSSR count). The molecule has 0 unspecified atom stereocenters. The Bertz CT molecular complexity index is 4250. The van der Waals surface area contributed by atoms with Gasteiger partial charge in [0.1, 0.15) is 23.7 Å². The van der Waals surface area contributed by atoms with Gasteiger partial charge in [-0.25, -0.2) is 20.0 Å². The van der Waals surface area contributed by atoms with E-state index < -0.39 is 0 Å². The summed E-state index contributed by atoms with van der Waals surface area (Å²) < 4.78 is 39.0. The van der Waals surface area contributed by atoms with Crippen LogP contribution in [0, 0.1) is 6.92 Å². The molecule has 0 aliphatic rings. The van der Waals surface area contributed by atoms with E-state index in [1.807, 2.05) is 105 Å². The van der Waals surface area contributed by atoms with E-state index in [-0.39, 0.29) is 0 Å². The fourth-order valence-electron chi connectivity index (χ4n) is 10.2. The van der Waals surface area contributed by atoms with Crippen molar-refractivity contribution in [2.45, 2.75) is 39.5 Å². The third kappa shape index (κ3) is 31.9. The first kappa shape index (κ1) is 80.6. The molecule has 0 aliphatic carbocycles. The van der Waals surface area contributed by atoms with Crippen LogP contribution in [0.1, 0.15) is 76.3 Å². The highest BCUT2D eigenvalue weighted by atomic mass is 16.5. The van der Waals surface area contributed by atoms with E-state index >= 15 is 0 Å². The van der Waals surface area contributed by atoms with E-state index in [1.165, 1.54) is 22.3 Å². The molecule has 0 radical (unpaired) electrons. The van der Waals surface area contributed by atoms with Crippen LogP contribution in [-0.4, -0.2) is 166 Å². The van der Waals surface area contributed by atoms with Gasteiger partial charge in [-0.1, -0.05) is 200 Å². The predicted octanol–water partition coefficient (Wildman–Crippen LogP) is 17.0. The fourth-order valence-corrected chi connectivity index (χ4v) is 10.2. The van der Waals surface area contributed by atoms with E-state index in [4.69, 9.17) is 44.6 Å². The van der Waals surface area contributed by atoms with Crippen molar-refractivity contribution in [1.82, 2.24) is 9.97 Å². The number of nitrogens with two attached hydrogens (primary N) is 2. The molecule has 2 heterocycles. The van der Waals surface area contributed by atoms with Gasteiger partial charge in [0.2, 0.25) is 0 Å². The normalized spacial score (nSPS) is 11.5. The van der Waals surface area contributed by atoms with Gasteiger partial charge in [0.25, 0.3) is 0 Å². The first-order chi connectivity index (χ1) is 52.2. The number of methoxy groups -OCH3 is 1. The molecule has 2 aromatic heterocycles. The maximum absolute atomic E-state index is 10.8. The SMILES string of the molecule is CC=Nc1cccc(N=Cc2ccc(-c3ccc(C=NCCCOCCOCCOCCCN=Cc4ccc(-c5ccc(C)cc5)cc4)cc3)cc2)n1.COc1ccc(-c2ccc(C=NCCCOCCOCCOCCCN=Cc3ccc(-c4ccc(C=O)cc4)cc3)cc2)cc1.Nc1cccc(N)n1. The lowest BCUT2D eigenvalue weighted by Crippen LogP contribution is -2.10. The van der Waals surface area contributed by atoms with Gasteiger partial charge in [-0.2, -0.15) is 0 Å². The van der Waals surface area contributed by atoms with E-state index in [0.717, 1.165) is 113 Å². The Kier molecular flexibility index (Phi) is 37.1. The van der Waals surface area contributed by atoms with Gasteiger partial charge in [-0.3, -0.25) is 24.8 Å². The number of aryl methyl sites for hydroxylation is 1. The lowest BCUT2D eigenvalue weighted by molar-refractivity contribution is 0.0143. The lowest BCUT2D eigenvalue weighted by atomic mass is 10.0. The van der Waals surface area contributed by atoms with Crippen molar-refractivity contribution >= 4 is 66.8 Å². The molecule has 18 heteroatoms. The van der Waals surface area contributed by atoms with Crippen LogP contribution >= 0.6 is 0 Å². The third-order valence-electron chi connectivity index (χ3n) is 15.9. The minimum atomic E-state index is 0.463. The summed E-state index contributed by atoms with van der Waals surface area (Å²) in [5.41, 5.74) is 27.1. The maximum atomic E-state index is 10.8. The third-order valence-corrected chi connectivity index (χ3v) is 15.9. The highest BCUT2D eigenvalue weighted by Gasteiger charge is 2.05. The summed E-state index contributed by atoms with van der Waals surface area (Å²) in [7, 11) is 1.67. The Hall–Kier alpha value is -11.1. The van der Waals surface area contributed by atoms with E-state index in [0.29, 0.717) is 115 Å². The van der Waals surface area contributed by atoms with Gasteiger partial charge in [0.15, 0.2) is 11.6 Å². The van der Waals surface area contributed by atoms with Crippen LogP contribution < -0.4 is 16.2 Å². The number of anilines is 2. The molecule has 0 amide bonds. The summed E-state index contributed by atoms with van der Waals surface area (Å²) in [6.07, 6.45) is 15.5. The van der Waals surface area contributed by atoms with Crippen molar-refractivity contribution < 1.29 is 38.0 Å². The highest BCUT2D eigenvalue weighted by molar-refractivity contribution is 5.85. The molecule has 10 aromatic rings. The van der Waals surface area contributed by atoms with Crippen molar-refractivity contribution in [3.63, 3.8) is 0 Å². The Balaban J connectivity index is 0.000000244. The molecule has 4 N–H and O–H groups in total. The van der Waals surface area contributed by atoms with Gasteiger partial charge in [0, 0.05) is 95.5 Å². The van der Waals surface area contributed by atoms with Gasteiger partial charge >= 0.3 is 0 Å². The van der Waals surface area contributed by atoms with Crippen LogP contribution in [0.2, 0.25) is 0 Å². The number of hydrogen-bond donors (Lipinski definition) is 2. The number of aromatic nitrogens is 2. The standard InChI is InChI=1S/C45H49N5O3.C38H42N2O5.C5H7N3/c1-3-48-44-7-4-8-45(50-44)49-35-39-15-23-43(24-16-39)42-21-13-38(14-22-42)34-47-26-6-28-52-30-32-53-31-29-51-27-5-25-46-33-37-11-19-41(20-12-37)40-17-9-36(2)10-18-40;1-42-38-18-16-37(17-19-38)35-12-6-32(7-13-35)29-40-21-3-23-44-25-27-45-26-24-43-22-2-20-39-28-31-4-10-34(11-5-31)36-14-8-33(30-41)9-15-36;6-4-2-1-3-5(7)8-4/h3-4,7-24,33-35H,5-6,25-32H2,1-2H3;4-19,28-30H,2-3,20-27H2,1H3;1-3H,(H4,6,7,8). The topological polar surface area (TPSA) is 234 Å². The average Bonchev–Trinajstić information content (AvgIpc) is 0.872. The molecule has 0 fully saturated rings. The number of carbonyl (C=O) groups is 1. The van der Waals surface area contributed by atoms with E-state index in [1.54, 1.807) is 31.5 Å². The molecule has 0 aliphatic heterocycles. The van der Waals surface area contributed by atoms with Crippen molar-refractivity contribution in [3.05, 3.63) is 269 Å². The minimum absolute atomic E-state index is 0.463. The maximum Gasteiger partial charge on any atom is 0.154 e. The van der Waals surface area contributed by atoms with Gasteiger partial charge in [-0.05, 0) is 148 Å². The summed E-state index contributed by atoms with van der Waals surface area (Å²) in [4.78, 5) is 45.7. The number of nitrogens with zero attached hydrogens (tertiary/aromatic N) is 8. The van der Waals surface area contributed by atoms with Crippen LogP contribution in [0.15, 0.2) is 260 Å². The lowest BCUT2D eigenvalue weighted by Gasteiger charge is -2.06. The van der Waals surface area contributed by atoms with Crippen molar-refractivity contribution in [3.8, 4) is 50.3 Å². The highest BCUT2D eigenvalue weighted by Crippen LogP contribution is 2.25. The molecular formula is C88H98N10O8. The summed E-state index contributed by atoms with van der Waals surface area (Å²) in [6, 6.07) is 76.8.